The Bertz CT molecular complexity index is 1260. The predicted octanol–water partition coefficient (Wildman–Crippen LogP) is 3.78. The molecule has 9 nitrogen and oxygen atoms in total. The van der Waals surface area contributed by atoms with E-state index in [0.717, 1.165) is 43.7 Å². The molecule has 0 spiro atoms. The van der Waals surface area contributed by atoms with Crippen molar-refractivity contribution in [2.24, 2.45) is 11.3 Å². The van der Waals surface area contributed by atoms with Crippen LogP contribution in [0.5, 0.6) is 5.88 Å². The average Bonchev–Trinajstić information content (AvgIpc) is 3.21. The molecule has 2 atom stereocenters. The highest BCUT2D eigenvalue weighted by Gasteiger charge is 2.41. The Morgan fingerprint density at radius 2 is 2.03 bits per heavy atom. The number of pyridine rings is 2. The van der Waals surface area contributed by atoms with E-state index in [0.29, 0.717) is 18.0 Å². The molecule has 4 heterocycles. The molecule has 1 aliphatic rings. The van der Waals surface area contributed by atoms with Crippen molar-refractivity contribution in [2.45, 2.75) is 59.0 Å². The lowest BCUT2D eigenvalue weighted by Crippen LogP contribution is -2.40. The van der Waals surface area contributed by atoms with Gasteiger partial charge in [0.2, 0.25) is 5.88 Å². The quantitative estimate of drug-likeness (QED) is 0.467. The minimum Gasteiger partial charge on any atom is -0.481 e. The van der Waals surface area contributed by atoms with Crippen molar-refractivity contribution in [3.05, 3.63) is 70.2 Å². The number of ether oxygens (including phenoxy) is 1. The molecule has 0 aromatic carbocycles. The predicted molar refractivity (Wildman–Crippen MR) is 138 cm³/mol. The van der Waals surface area contributed by atoms with Crippen LogP contribution in [0.15, 0.2) is 47.7 Å². The van der Waals surface area contributed by atoms with E-state index in [-0.39, 0.29) is 5.69 Å². The fraction of sp³-hybridized carbons (Fsp3) is 0.481. The summed E-state index contributed by atoms with van der Waals surface area (Å²) < 4.78 is 8.32. The molecule has 192 valence electrons. The van der Waals surface area contributed by atoms with Gasteiger partial charge in [0.25, 0.3) is 0 Å². The van der Waals surface area contributed by atoms with Gasteiger partial charge in [-0.05, 0) is 48.3 Å². The van der Waals surface area contributed by atoms with Crippen molar-refractivity contribution in [1.82, 2.24) is 19.1 Å². The number of carboxylic acids is 1. The van der Waals surface area contributed by atoms with Crippen LogP contribution in [0, 0.1) is 11.3 Å². The maximum absolute atomic E-state index is 13.5. The van der Waals surface area contributed by atoms with Crippen LogP contribution in [0.3, 0.4) is 0 Å². The minimum atomic E-state index is -0.963. The molecule has 3 aromatic rings. The van der Waals surface area contributed by atoms with Crippen LogP contribution in [0.2, 0.25) is 0 Å². The van der Waals surface area contributed by atoms with E-state index in [1.807, 2.05) is 20.8 Å². The van der Waals surface area contributed by atoms with Gasteiger partial charge >= 0.3 is 11.7 Å². The van der Waals surface area contributed by atoms with Crippen molar-refractivity contribution in [2.75, 3.05) is 19.0 Å². The topological polar surface area (TPSA) is 111 Å². The number of nitrogens with one attached hydrogen (secondary N) is 1. The van der Waals surface area contributed by atoms with Crippen LogP contribution in [-0.2, 0) is 24.2 Å². The number of fused-ring (bicyclic) bond motifs is 1. The first-order valence-corrected chi connectivity index (χ1v) is 12.4. The fourth-order valence-electron chi connectivity index (χ4n) is 4.93. The Kier molecular flexibility index (Phi) is 7.47. The maximum Gasteiger partial charge on any atom is 0.328 e. The molecular weight excluding hydrogens is 458 g/mol. The number of methoxy groups -OCH3 is 1. The zero-order valence-electron chi connectivity index (χ0n) is 21.4. The SMILES string of the molecule is COc1ccc([C@H](C(C(=O)O)C(C)(C)C)n2ccn(CCCc3ccc4c(n3)NCCC4)c2=O)cn1. The Hall–Kier alpha value is -3.62. The third-order valence-electron chi connectivity index (χ3n) is 6.78. The molecule has 1 aliphatic heterocycles. The fourth-order valence-corrected chi connectivity index (χ4v) is 4.93. The normalized spacial score (nSPS) is 15.0. The smallest absolute Gasteiger partial charge is 0.328 e. The van der Waals surface area contributed by atoms with Crippen molar-refractivity contribution in [3.8, 4) is 5.88 Å². The van der Waals surface area contributed by atoms with Gasteiger partial charge in [-0.25, -0.2) is 14.8 Å². The van der Waals surface area contributed by atoms with Gasteiger partial charge in [-0.15, -0.1) is 0 Å². The Morgan fingerprint density at radius 3 is 2.69 bits per heavy atom. The molecule has 36 heavy (non-hydrogen) atoms. The van der Waals surface area contributed by atoms with Crippen molar-refractivity contribution in [1.29, 1.82) is 0 Å². The van der Waals surface area contributed by atoms with Crippen LogP contribution < -0.4 is 15.7 Å². The number of hydrogen-bond donors (Lipinski definition) is 2. The zero-order chi connectivity index (χ0) is 25.9. The third-order valence-corrected chi connectivity index (χ3v) is 6.78. The summed E-state index contributed by atoms with van der Waals surface area (Å²) in [6.45, 7) is 7.08. The van der Waals surface area contributed by atoms with E-state index in [2.05, 4.69) is 22.4 Å². The van der Waals surface area contributed by atoms with Gasteiger partial charge in [-0.3, -0.25) is 13.9 Å². The number of rotatable bonds is 9. The highest BCUT2D eigenvalue weighted by molar-refractivity contribution is 5.72. The number of imidazole rings is 1. The summed E-state index contributed by atoms with van der Waals surface area (Å²) in [5.74, 6) is -0.417. The van der Waals surface area contributed by atoms with Crippen molar-refractivity contribution >= 4 is 11.8 Å². The molecular formula is C27H35N5O4. The Balaban J connectivity index is 1.57. The van der Waals surface area contributed by atoms with Crippen LogP contribution >= 0.6 is 0 Å². The third kappa shape index (κ3) is 5.45. The number of aliphatic carboxylic acids is 1. The Labute approximate surface area is 211 Å². The standard InChI is InChI=1S/C27H35N5O4/c1-27(2,3)22(25(33)34)23(19-10-12-21(36-4)29-17-19)32-16-15-31(26(32)35)14-6-8-20-11-9-18-7-5-13-28-24(18)30-20/h9-12,15-17,22-23H,5-8,13-14H2,1-4H3,(H,28,30)(H,33,34)/t22?,23-/m1/s1. The number of aromatic nitrogens is 4. The summed E-state index contributed by atoms with van der Waals surface area (Å²) in [6, 6.07) is 6.94. The van der Waals surface area contributed by atoms with E-state index in [9.17, 15) is 14.7 Å². The summed E-state index contributed by atoms with van der Waals surface area (Å²) in [4.78, 5) is 34.9. The second kappa shape index (κ2) is 10.6. The second-order valence-electron chi connectivity index (χ2n) is 10.4. The number of carboxylic acid groups (broad SMARTS) is 1. The number of hydrogen-bond acceptors (Lipinski definition) is 6. The molecule has 0 bridgehead atoms. The van der Waals surface area contributed by atoms with Gasteiger partial charge < -0.3 is 15.2 Å². The number of anilines is 1. The van der Waals surface area contributed by atoms with E-state index >= 15 is 0 Å². The van der Waals surface area contributed by atoms with Crippen LogP contribution in [0.25, 0.3) is 0 Å². The van der Waals surface area contributed by atoms with Gasteiger partial charge in [0.05, 0.1) is 19.1 Å². The number of nitrogens with zero attached hydrogens (tertiary/aromatic N) is 4. The highest BCUT2D eigenvalue weighted by Crippen LogP contribution is 2.38. The molecule has 0 aliphatic carbocycles. The summed E-state index contributed by atoms with van der Waals surface area (Å²) in [5, 5.41) is 13.5. The summed E-state index contributed by atoms with van der Waals surface area (Å²) >= 11 is 0. The largest absolute Gasteiger partial charge is 0.481 e. The van der Waals surface area contributed by atoms with Gasteiger partial charge in [-0.2, -0.15) is 0 Å². The van der Waals surface area contributed by atoms with E-state index in [1.165, 1.54) is 17.2 Å². The Morgan fingerprint density at radius 1 is 1.22 bits per heavy atom. The first-order valence-electron chi connectivity index (χ1n) is 12.4. The molecule has 0 radical (unpaired) electrons. The molecule has 2 N–H and O–H groups in total. The monoisotopic (exact) mass is 493 g/mol. The highest BCUT2D eigenvalue weighted by atomic mass is 16.5. The molecule has 9 heteroatoms. The molecule has 0 amide bonds. The molecule has 1 unspecified atom stereocenters. The van der Waals surface area contributed by atoms with Crippen molar-refractivity contribution < 1.29 is 14.6 Å². The summed E-state index contributed by atoms with van der Waals surface area (Å²) in [6.07, 6.45) is 8.67. The molecule has 0 saturated heterocycles. The summed E-state index contributed by atoms with van der Waals surface area (Å²) in [5.41, 5.74) is 2.04. The van der Waals surface area contributed by atoms with E-state index in [4.69, 9.17) is 9.72 Å². The van der Waals surface area contributed by atoms with Crippen LogP contribution in [-0.4, -0.2) is 43.8 Å². The zero-order valence-corrected chi connectivity index (χ0v) is 21.4. The van der Waals surface area contributed by atoms with E-state index in [1.54, 1.807) is 35.3 Å². The van der Waals surface area contributed by atoms with Gasteiger partial charge in [0, 0.05) is 43.4 Å². The number of carbonyl (C=O) groups is 1. The number of aryl methyl sites for hydroxylation is 3. The lowest BCUT2D eigenvalue weighted by Gasteiger charge is -2.34. The van der Waals surface area contributed by atoms with Gasteiger partial charge in [0.15, 0.2) is 0 Å². The lowest BCUT2D eigenvalue weighted by atomic mass is 9.74. The lowest BCUT2D eigenvalue weighted by molar-refractivity contribution is -0.147. The van der Waals surface area contributed by atoms with Crippen LogP contribution in [0.1, 0.15) is 56.5 Å². The van der Waals surface area contributed by atoms with Crippen molar-refractivity contribution in [3.63, 3.8) is 0 Å². The second-order valence-corrected chi connectivity index (χ2v) is 10.4. The minimum absolute atomic E-state index is 0.244. The van der Waals surface area contributed by atoms with Gasteiger partial charge in [-0.1, -0.05) is 32.9 Å². The first-order chi connectivity index (χ1) is 17.2. The molecule has 3 aromatic heterocycles. The van der Waals surface area contributed by atoms with Gasteiger partial charge in [0.1, 0.15) is 5.82 Å². The summed E-state index contributed by atoms with van der Waals surface area (Å²) in [7, 11) is 1.52. The maximum atomic E-state index is 13.5. The van der Waals surface area contributed by atoms with E-state index < -0.39 is 23.3 Å². The van der Waals surface area contributed by atoms with Crippen LogP contribution in [0.4, 0.5) is 5.82 Å². The first kappa shape index (κ1) is 25.5. The molecule has 4 rings (SSSR count). The molecule has 0 fully saturated rings. The average molecular weight is 494 g/mol. The molecule has 0 saturated carbocycles.